The Morgan fingerprint density at radius 2 is 1.74 bits per heavy atom. The van der Waals surface area contributed by atoms with Crippen LogP contribution in [-0.2, 0) is 11.3 Å². The third kappa shape index (κ3) is 4.77. The van der Waals surface area contributed by atoms with E-state index < -0.39 is 4.92 Å². The van der Waals surface area contributed by atoms with E-state index in [0.717, 1.165) is 0 Å². The van der Waals surface area contributed by atoms with Gasteiger partial charge in [-0.15, -0.1) is 0 Å². The Morgan fingerprint density at radius 3 is 2.44 bits per heavy atom. The van der Waals surface area contributed by atoms with Gasteiger partial charge in [0, 0.05) is 50.4 Å². The second-order valence-corrected chi connectivity index (χ2v) is 6.34. The molecule has 2 aromatic rings. The van der Waals surface area contributed by atoms with Crippen LogP contribution in [-0.4, -0.2) is 46.8 Å². The number of amides is 1. The summed E-state index contributed by atoms with van der Waals surface area (Å²) in [6.45, 7) is 2.89. The van der Waals surface area contributed by atoms with Crippen LogP contribution in [0.1, 0.15) is 11.1 Å². The molecule has 7 heteroatoms. The minimum atomic E-state index is -0.467. The fourth-order valence-corrected chi connectivity index (χ4v) is 3.06. The molecule has 0 saturated carbocycles. The molecule has 1 aliphatic rings. The van der Waals surface area contributed by atoms with Gasteiger partial charge in [-0.3, -0.25) is 19.8 Å². The molecule has 0 spiro atoms. The number of carbonyl (C=O) groups is 1. The lowest BCUT2D eigenvalue weighted by molar-refractivity contribution is -0.385. The Hall–Kier alpha value is -3.06. The van der Waals surface area contributed by atoms with E-state index in [1.807, 2.05) is 6.07 Å². The molecule has 0 aromatic heterocycles. The van der Waals surface area contributed by atoms with Gasteiger partial charge in [-0.1, -0.05) is 30.3 Å². The molecule has 1 heterocycles. The predicted molar refractivity (Wildman–Crippen MR) is 100 cm³/mol. The van der Waals surface area contributed by atoms with Gasteiger partial charge >= 0.3 is 0 Å². The maximum atomic E-state index is 13.8. The second-order valence-electron chi connectivity index (χ2n) is 6.34. The Bertz CT molecular complexity index is 861. The van der Waals surface area contributed by atoms with Crippen LogP contribution in [0.2, 0.25) is 0 Å². The third-order valence-electron chi connectivity index (χ3n) is 4.57. The summed E-state index contributed by atoms with van der Waals surface area (Å²) < 4.78 is 13.8. The molecule has 140 valence electrons. The van der Waals surface area contributed by atoms with Crippen molar-refractivity contribution in [3.8, 4) is 0 Å². The molecule has 6 nitrogen and oxygen atoms in total. The van der Waals surface area contributed by atoms with E-state index in [9.17, 15) is 19.3 Å². The minimum absolute atomic E-state index is 0.0312. The van der Waals surface area contributed by atoms with Gasteiger partial charge in [0.25, 0.3) is 5.69 Å². The van der Waals surface area contributed by atoms with Crippen LogP contribution in [0.5, 0.6) is 0 Å². The molecule has 0 N–H and O–H groups in total. The van der Waals surface area contributed by atoms with Crippen molar-refractivity contribution < 1.29 is 14.1 Å². The molecular weight excluding hydrogens is 349 g/mol. The molecular formula is C20H20FN3O3. The molecule has 0 unspecified atom stereocenters. The van der Waals surface area contributed by atoms with E-state index in [4.69, 9.17) is 0 Å². The number of hydrogen-bond acceptors (Lipinski definition) is 4. The number of nitrogens with zero attached hydrogens (tertiary/aromatic N) is 3. The monoisotopic (exact) mass is 369 g/mol. The molecule has 0 aliphatic carbocycles. The Kier molecular flexibility index (Phi) is 5.93. The number of piperazine rings is 1. The van der Waals surface area contributed by atoms with Crippen molar-refractivity contribution in [2.24, 2.45) is 0 Å². The molecule has 1 amide bonds. The van der Waals surface area contributed by atoms with Gasteiger partial charge in [0.05, 0.1) is 10.5 Å². The highest BCUT2D eigenvalue weighted by molar-refractivity contribution is 5.92. The number of para-hydroxylation sites is 1. The van der Waals surface area contributed by atoms with E-state index in [1.54, 1.807) is 35.2 Å². The molecule has 1 fully saturated rings. The summed E-state index contributed by atoms with van der Waals surface area (Å²) in [4.78, 5) is 26.7. The van der Waals surface area contributed by atoms with E-state index in [0.29, 0.717) is 43.9 Å². The average Bonchev–Trinajstić information content (AvgIpc) is 2.68. The average molecular weight is 369 g/mol. The first kappa shape index (κ1) is 18.7. The van der Waals surface area contributed by atoms with Gasteiger partial charge < -0.3 is 4.90 Å². The van der Waals surface area contributed by atoms with Crippen molar-refractivity contribution in [2.45, 2.75) is 6.54 Å². The second kappa shape index (κ2) is 8.55. The Morgan fingerprint density at radius 1 is 1.07 bits per heavy atom. The first-order valence-electron chi connectivity index (χ1n) is 8.71. The lowest BCUT2D eigenvalue weighted by atomic mass is 10.1. The Labute approximate surface area is 156 Å². The molecule has 1 aliphatic heterocycles. The fraction of sp³-hybridized carbons (Fsp3) is 0.250. The van der Waals surface area contributed by atoms with Crippen LogP contribution in [0, 0.1) is 15.9 Å². The quantitative estimate of drug-likeness (QED) is 0.461. The van der Waals surface area contributed by atoms with Crippen LogP contribution in [0.25, 0.3) is 6.08 Å². The summed E-state index contributed by atoms with van der Waals surface area (Å²) in [6.07, 6.45) is 2.85. The maximum absolute atomic E-state index is 13.8. The third-order valence-corrected chi connectivity index (χ3v) is 4.57. The number of benzene rings is 2. The zero-order valence-corrected chi connectivity index (χ0v) is 14.8. The first-order valence-corrected chi connectivity index (χ1v) is 8.71. The van der Waals surface area contributed by atoms with Crippen LogP contribution in [0.3, 0.4) is 0 Å². The fourth-order valence-electron chi connectivity index (χ4n) is 3.06. The van der Waals surface area contributed by atoms with Gasteiger partial charge in [0.2, 0.25) is 5.91 Å². The summed E-state index contributed by atoms with van der Waals surface area (Å²) in [6, 6.07) is 13.0. The van der Waals surface area contributed by atoms with Crippen molar-refractivity contribution in [1.29, 1.82) is 0 Å². The zero-order chi connectivity index (χ0) is 19.2. The topological polar surface area (TPSA) is 66.7 Å². The van der Waals surface area contributed by atoms with Crippen LogP contribution in [0.15, 0.2) is 54.6 Å². The normalized spacial score (nSPS) is 15.2. The number of halogens is 1. The highest BCUT2D eigenvalue weighted by Crippen LogP contribution is 2.19. The number of rotatable bonds is 5. The van der Waals surface area contributed by atoms with Crippen LogP contribution < -0.4 is 0 Å². The van der Waals surface area contributed by atoms with Crippen molar-refractivity contribution in [3.05, 3.63) is 81.7 Å². The van der Waals surface area contributed by atoms with Crippen molar-refractivity contribution >= 4 is 17.7 Å². The predicted octanol–water partition coefficient (Wildman–Crippen LogP) is 3.09. The lowest BCUT2D eigenvalue weighted by Gasteiger charge is -2.34. The summed E-state index contributed by atoms with van der Waals surface area (Å²) >= 11 is 0. The summed E-state index contributed by atoms with van der Waals surface area (Å²) in [7, 11) is 0. The first-order chi connectivity index (χ1) is 13.0. The molecule has 1 saturated heterocycles. The van der Waals surface area contributed by atoms with Gasteiger partial charge in [0.1, 0.15) is 5.82 Å². The number of carbonyl (C=O) groups excluding carboxylic acids is 1. The molecule has 2 aromatic carbocycles. The van der Waals surface area contributed by atoms with Crippen LogP contribution >= 0.6 is 0 Å². The van der Waals surface area contributed by atoms with Crippen molar-refractivity contribution in [2.75, 3.05) is 26.2 Å². The zero-order valence-electron chi connectivity index (χ0n) is 14.8. The maximum Gasteiger partial charge on any atom is 0.276 e. The van der Waals surface area contributed by atoms with Crippen molar-refractivity contribution in [3.63, 3.8) is 0 Å². The molecule has 0 atom stereocenters. The molecule has 0 bridgehead atoms. The van der Waals surface area contributed by atoms with E-state index in [1.165, 1.54) is 24.3 Å². The highest BCUT2D eigenvalue weighted by atomic mass is 19.1. The van der Waals surface area contributed by atoms with E-state index >= 15 is 0 Å². The van der Waals surface area contributed by atoms with Gasteiger partial charge in [0.15, 0.2) is 0 Å². The number of nitro benzene ring substituents is 1. The SMILES string of the molecule is O=C(/C=C/c1ccccc1[N+](=O)[O-])N1CCN(Cc2ccccc2F)CC1. The molecule has 0 radical (unpaired) electrons. The Balaban J connectivity index is 1.56. The summed E-state index contributed by atoms with van der Waals surface area (Å²) in [5, 5.41) is 11.0. The minimum Gasteiger partial charge on any atom is -0.337 e. The highest BCUT2D eigenvalue weighted by Gasteiger charge is 2.20. The van der Waals surface area contributed by atoms with Crippen molar-refractivity contribution in [1.82, 2.24) is 9.80 Å². The lowest BCUT2D eigenvalue weighted by Crippen LogP contribution is -2.47. The van der Waals surface area contributed by atoms with Crippen LogP contribution in [0.4, 0.5) is 10.1 Å². The molecule has 27 heavy (non-hydrogen) atoms. The molecule has 3 rings (SSSR count). The standard InChI is InChI=1S/C20H20FN3O3/c21-18-7-3-1-6-17(18)15-22-11-13-23(14-12-22)20(25)10-9-16-5-2-4-8-19(16)24(26)27/h1-10H,11-15H2/b10-9+. The van der Waals surface area contributed by atoms with E-state index in [2.05, 4.69) is 4.90 Å². The summed E-state index contributed by atoms with van der Waals surface area (Å²) in [5.74, 6) is -0.401. The largest absolute Gasteiger partial charge is 0.337 e. The van der Waals surface area contributed by atoms with Gasteiger partial charge in [-0.2, -0.15) is 0 Å². The van der Waals surface area contributed by atoms with Gasteiger partial charge in [-0.25, -0.2) is 4.39 Å². The van der Waals surface area contributed by atoms with Gasteiger partial charge in [-0.05, 0) is 18.2 Å². The number of hydrogen-bond donors (Lipinski definition) is 0. The smallest absolute Gasteiger partial charge is 0.276 e. The number of nitro groups is 1. The van der Waals surface area contributed by atoms with E-state index in [-0.39, 0.29) is 17.4 Å². The summed E-state index contributed by atoms with van der Waals surface area (Å²) in [5.41, 5.74) is 1.01.